The molecule has 1 aliphatic rings. The Balaban J connectivity index is 1.79. The molecular formula is C24H28N6O6. The molecule has 1 N–H and O–H groups in total. The highest BCUT2D eigenvalue weighted by Crippen LogP contribution is 2.43. The summed E-state index contributed by atoms with van der Waals surface area (Å²) in [5, 5.41) is 20.0. The van der Waals surface area contributed by atoms with Crippen molar-refractivity contribution in [3.63, 3.8) is 0 Å². The standard InChI is InChI=1S/C24H28N6O6/c1-7-35-22(32)29-18-17(13-28(24(18,5)6)21(31)36-23(2,3)4)20(27-29)26-19-16-9-8-15(30(33)34)12-14(16)10-11-25-19/h8-12H,7,13H2,1-6H3,(H,25,26,27). The van der Waals surface area contributed by atoms with Gasteiger partial charge in [-0.05, 0) is 59.1 Å². The normalized spacial score (nSPS) is 14.4. The topological polar surface area (TPSA) is 142 Å². The molecular weight excluding hydrogens is 468 g/mol. The third kappa shape index (κ3) is 4.41. The second-order valence-corrected chi connectivity index (χ2v) is 9.86. The highest BCUT2D eigenvalue weighted by molar-refractivity contribution is 5.94. The van der Waals surface area contributed by atoms with Crippen molar-refractivity contribution in [1.82, 2.24) is 19.7 Å². The van der Waals surface area contributed by atoms with E-state index in [1.54, 1.807) is 53.7 Å². The average Bonchev–Trinajstić information content (AvgIpc) is 3.28. The molecule has 0 atom stereocenters. The van der Waals surface area contributed by atoms with Gasteiger partial charge < -0.3 is 14.8 Å². The minimum absolute atomic E-state index is 0.0399. The summed E-state index contributed by atoms with van der Waals surface area (Å²) in [6.07, 6.45) is 0.316. The summed E-state index contributed by atoms with van der Waals surface area (Å²) in [6, 6.07) is 6.12. The second kappa shape index (κ2) is 8.77. The van der Waals surface area contributed by atoms with Gasteiger partial charge in [-0.25, -0.2) is 14.6 Å². The van der Waals surface area contributed by atoms with E-state index in [9.17, 15) is 19.7 Å². The molecule has 0 aliphatic carbocycles. The summed E-state index contributed by atoms with van der Waals surface area (Å²) in [5.74, 6) is 0.711. The third-order valence-corrected chi connectivity index (χ3v) is 5.80. The number of ether oxygens (including phenoxy) is 2. The Morgan fingerprint density at radius 3 is 2.56 bits per heavy atom. The molecule has 1 aromatic carbocycles. The van der Waals surface area contributed by atoms with Crippen molar-refractivity contribution in [3.8, 4) is 0 Å². The summed E-state index contributed by atoms with van der Waals surface area (Å²) >= 11 is 0. The Kier molecular flexibility index (Phi) is 6.07. The molecule has 190 valence electrons. The molecule has 12 nitrogen and oxygen atoms in total. The Morgan fingerprint density at radius 1 is 1.19 bits per heavy atom. The number of rotatable bonds is 4. The predicted octanol–water partition coefficient (Wildman–Crippen LogP) is 5.07. The van der Waals surface area contributed by atoms with Crippen LogP contribution in [0.4, 0.5) is 26.9 Å². The van der Waals surface area contributed by atoms with E-state index in [0.29, 0.717) is 33.7 Å². The van der Waals surface area contributed by atoms with E-state index in [-0.39, 0.29) is 18.8 Å². The van der Waals surface area contributed by atoms with Crippen LogP contribution in [0.1, 0.15) is 52.8 Å². The van der Waals surface area contributed by atoms with Crippen molar-refractivity contribution in [1.29, 1.82) is 0 Å². The predicted molar refractivity (Wildman–Crippen MR) is 131 cm³/mol. The first-order valence-corrected chi connectivity index (χ1v) is 11.4. The number of amides is 1. The van der Waals surface area contributed by atoms with E-state index in [1.165, 1.54) is 23.2 Å². The fourth-order valence-corrected chi connectivity index (χ4v) is 4.23. The lowest BCUT2D eigenvalue weighted by Gasteiger charge is -2.34. The Labute approximate surface area is 207 Å². The largest absolute Gasteiger partial charge is 0.448 e. The average molecular weight is 497 g/mol. The molecule has 3 aromatic rings. The van der Waals surface area contributed by atoms with Gasteiger partial charge in [0.2, 0.25) is 0 Å². The Bertz CT molecular complexity index is 1370. The second-order valence-electron chi connectivity index (χ2n) is 9.86. The SMILES string of the molecule is CCOC(=O)n1nc(Nc2nccc3cc([N+](=O)[O-])ccc23)c2c1C(C)(C)N(C(=O)OC(C)(C)C)C2. The lowest BCUT2D eigenvalue weighted by Crippen LogP contribution is -2.44. The van der Waals surface area contributed by atoms with Gasteiger partial charge in [0.05, 0.1) is 29.3 Å². The zero-order chi connectivity index (χ0) is 26.4. The number of pyridine rings is 1. The monoisotopic (exact) mass is 496 g/mol. The van der Waals surface area contributed by atoms with Crippen molar-refractivity contribution in [2.45, 2.75) is 59.2 Å². The molecule has 36 heavy (non-hydrogen) atoms. The molecule has 0 radical (unpaired) electrons. The van der Waals surface area contributed by atoms with E-state index in [1.807, 2.05) is 0 Å². The van der Waals surface area contributed by atoms with E-state index in [4.69, 9.17) is 9.47 Å². The summed E-state index contributed by atoms with van der Waals surface area (Å²) in [7, 11) is 0. The van der Waals surface area contributed by atoms with Gasteiger partial charge in [0.1, 0.15) is 11.4 Å². The molecule has 0 spiro atoms. The van der Waals surface area contributed by atoms with Crippen LogP contribution in [0, 0.1) is 10.1 Å². The number of hydrogen-bond acceptors (Lipinski definition) is 9. The van der Waals surface area contributed by atoms with Crippen LogP contribution in [0.3, 0.4) is 0 Å². The minimum Gasteiger partial charge on any atom is -0.448 e. The van der Waals surface area contributed by atoms with Crippen LogP contribution in [0.2, 0.25) is 0 Å². The molecule has 4 rings (SSSR count). The zero-order valence-corrected chi connectivity index (χ0v) is 21.0. The quantitative estimate of drug-likeness (QED) is 0.387. The van der Waals surface area contributed by atoms with Crippen LogP contribution in [0.15, 0.2) is 30.5 Å². The Hall–Kier alpha value is -4.22. The van der Waals surface area contributed by atoms with Gasteiger partial charge in [0.25, 0.3) is 5.69 Å². The number of nitrogens with zero attached hydrogens (tertiary/aromatic N) is 5. The molecule has 1 aliphatic heterocycles. The van der Waals surface area contributed by atoms with Crippen molar-refractivity contribution >= 4 is 40.3 Å². The van der Waals surface area contributed by atoms with Crippen LogP contribution >= 0.6 is 0 Å². The summed E-state index contributed by atoms with van der Waals surface area (Å²) in [4.78, 5) is 42.5. The zero-order valence-electron chi connectivity index (χ0n) is 21.0. The van der Waals surface area contributed by atoms with Crippen LogP contribution in [0.5, 0.6) is 0 Å². The van der Waals surface area contributed by atoms with Crippen molar-refractivity contribution in [2.75, 3.05) is 11.9 Å². The molecule has 0 fully saturated rings. The number of benzene rings is 1. The molecule has 0 saturated heterocycles. The number of carbonyl (C=O) groups excluding carboxylic acids is 2. The lowest BCUT2D eigenvalue weighted by atomic mass is 10.0. The van der Waals surface area contributed by atoms with Gasteiger partial charge in [-0.15, -0.1) is 5.10 Å². The van der Waals surface area contributed by atoms with Gasteiger partial charge in [-0.1, -0.05) is 0 Å². The number of hydrogen-bond donors (Lipinski definition) is 1. The molecule has 0 unspecified atom stereocenters. The molecule has 3 heterocycles. The molecule has 2 aromatic heterocycles. The summed E-state index contributed by atoms with van der Waals surface area (Å²) in [5.41, 5.74) is -0.581. The number of nitro benzene ring substituents is 1. The highest BCUT2D eigenvalue weighted by Gasteiger charge is 2.48. The Morgan fingerprint density at radius 2 is 1.92 bits per heavy atom. The van der Waals surface area contributed by atoms with Crippen LogP contribution in [-0.4, -0.2) is 49.0 Å². The number of non-ortho nitro benzene ring substituents is 1. The molecule has 1 amide bonds. The van der Waals surface area contributed by atoms with Gasteiger partial charge in [-0.2, -0.15) is 4.68 Å². The van der Waals surface area contributed by atoms with E-state index >= 15 is 0 Å². The van der Waals surface area contributed by atoms with Crippen LogP contribution in [-0.2, 0) is 21.6 Å². The summed E-state index contributed by atoms with van der Waals surface area (Å²) in [6.45, 7) is 10.9. The fraction of sp³-hybridized carbons (Fsp3) is 0.417. The number of nitro groups is 1. The first-order valence-electron chi connectivity index (χ1n) is 11.4. The highest BCUT2D eigenvalue weighted by atomic mass is 16.6. The first kappa shape index (κ1) is 24.9. The molecule has 12 heteroatoms. The van der Waals surface area contributed by atoms with E-state index in [2.05, 4.69) is 15.4 Å². The van der Waals surface area contributed by atoms with Gasteiger partial charge >= 0.3 is 12.2 Å². The number of nitrogens with one attached hydrogen (secondary N) is 1. The van der Waals surface area contributed by atoms with E-state index in [0.717, 1.165) is 4.68 Å². The van der Waals surface area contributed by atoms with Crippen molar-refractivity contribution in [2.24, 2.45) is 0 Å². The lowest BCUT2D eigenvalue weighted by molar-refractivity contribution is -0.384. The number of fused-ring (bicyclic) bond motifs is 2. The summed E-state index contributed by atoms with van der Waals surface area (Å²) < 4.78 is 12.0. The number of anilines is 2. The third-order valence-electron chi connectivity index (χ3n) is 5.80. The first-order chi connectivity index (χ1) is 16.8. The van der Waals surface area contributed by atoms with Crippen molar-refractivity contribution < 1.29 is 24.0 Å². The van der Waals surface area contributed by atoms with Crippen LogP contribution < -0.4 is 5.32 Å². The maximum atomic E-state index is 13.1. The van der Waals surface area contributed by atoms with Gasteiger partial charge in [0, 0.05) is 29.3 Å². The fourth-order valence-electron chi connectivity index (χ4n) is 4.23. The minimum atomic E-state index is -0.940. The van der Waals surface area contributed by atoms with Crippen molar-refractivity contribution in [3.05, 3.63) is 51.8 Å². The maximum Gasteiger partial charge on any atom is 0.435 e. The van der Waals surface area contributed by atoms with Crippen LogP contribution in [0.25, 0.3) is 10.8 Å². The van der Waals surface area contributed by atoms with Gasteiger partial charge in [0.15, 0.2) is 5.82 Å². The number of aromatic nitrogens is 3. The molecule has 0 bridgehead atoms. The maximum absolute atomic E-state index is 13.1. The van der Waals surface area contributed by atoms with Gasteiger partial charge in [-0.3, -0.25) is 15.0 Å². The number of carbonyl (C=O) groups is 2. The smallest absolute Gasteiger partial charge is 0.435 e. The molecule has 0 saturated carbocycles. The van der Waals surface area contributed by atoms with E-state index < -0.39 is 28.2 Å².